The Bertz CT molecular complexity index is 380. The van der Waals surface area contributed by atoms with E-state index in [2.05, 4.69) is 10.2 Å². The van der Waals surface area contributed by atoms with Crippen LogP contribution in [0.4, 0.5) is 0 Å². The van der Waals surface area contributed by atoms with E-state index in [1.165, 1.54) is 0 Å². The second-order valence-electron chi connectivity index (χ2n) is 1.75. The lowest BCUT2D eigenvalue weighted by molar-refractivity contribution is 1.14. The Labute approximate surface area is 84.8 Å². The average Bonchev–Trinajstić information content (AvgIpc) is 2.74. The van der Waals surface area contributed by atoms with E-state index in [4.69, 9.17) is 0 Å². The third-order valence-electron chi connectivity index (χ3n) is 1.000. The maximum absolute atomic E-state index is 4.09. The van der Waals surface area contributed by atoms with Crippen molar-refractivity contribution in [2.45, 2.75) is 0 Å². The molecule has 2 heterocycles. The van der Waals surface area contributed by atoms with Crippen molar-refractivity contribution in [1.29, 1.82) is 0 Å². The molecule has 0 fully saturated rings. The molecule has 2 rings (SSSR count). The lowest BCUT2D eigenvalue weighted by atomic mass is 11.2. The summed E-state index contributed by atoms with van der Waals surface area (Å²) in [6.07, 6.45) is 0. The van der Waals surface area contributed by atoms with Gasteiger partial charge in [0.15, 0.2) is 7.97 Å². The molecule has 0 spiro atoms. The number of nitrogens with zero attached hydrogens (tertiary/aromatic N) is 2. The van der Waals surface area contributed by atoms with Gasteiger partial charge < -0.3 is 0 Å². The Kier molecular flexibility index (Phi) is 2.83. The van der Waals surface area contributed by atoms with Gasteiger partial charge >= 0.3 is 0 Å². The molecule has 0 bridgehead atoms. The lowest BCUT2D eigenvalue weighted by Crippen LogP contribution is -1.88. The van der Waals surface area contributed by atoms with Crippen molar-refractivity contribution in [3.63, 3.8) is 0 Å². The van der Waals surface area contributed by atoms with Crippen LogP contribution in [0, 0.1) is 0 Å². The molecule has 0 aliphatic rings. The Morgan fingerprint density at radius 2 is 1.00 bits per heavy atom. The molecule has 62 valence electrons. The molecule has 0 saturated heterocycles. The molecule has 0 unspecified atom stereocenters. The molecule has 2 aromatic rings. The van der Waals surface area contributed by atoms with E-state index in [9.17, 15) is 0 Å². The van der Waals surface area contributed by atoms with Crippen LogP contribution >= 0.6 is 45.3 Å². The SMILES string of the molecule is c1csc(=NN=c2sccs2)s1. The quantitative estimate of drug-likeness (QED) is 0.674. The highest BCUT2D eigenvalue weighted by Gasteiger charge is 1.81. The zero-order valence-electron chi connectivity index (χ0n) is 5.84. The van der Waals surface area contributed by atoms with Crippen molar-refractivity contribution >= 4 is 45.3 Å². The monoisotopic (exact) mass is 232 g/mol. The molecule has 0 saturated carbocycles. The summed E-state index contributed by atoms with van der Waals surface area (Å²) in [5, 5.41) is 16.2. The van der Waals surface area contributed by atoms with Gasteiger partial charge in [-0.05, 0) is 0 Å². The Morgan fingerprint density at radius 3 is 1.33 bits per heavy atom. The summed E-state index contributed by atoms with van der Waals surface area (Å²) in [5.74, 6) is 0. The fourth-order valence-electron chi connectivity index (χ4n) is 0.575. The minimum absolute atomic E-state index is 0.996. The Hall–Kier alpha value is -0.300. The highest BCUT2D eigenvalue weighted by molar-refractivity contribution is 7.25. The van der Waals surface area contributed by atoms with Gasteiger partial charge in [-0.25, -0.2) is 0 Å². The lowest BCUT2D eigenvalue weighted by Gasteiger charge is -1.69. The first-order valence-electron chi connectivity index (χ1n) is 3.07. The normalized spacial score (nSPS) is 9.67. The summed E-state index contributed by atoms with van der Waals surface area (Å²) in [7, 11) is 0. The molecule has 6 heteroatoms. The van der Waals surface area contributed by atoms with Crippen LogP contribution in [0.2, 0.25) is 0 Å². The smallest absolute Gasteiger partial charge is 0.126 e. The van der Waals surface area contributed by atoms with Gasteiger partial charge in [0.2, 0.25) is 0 Å². The van der Waals surface area contributed by atoms with E-state index in [-0.39, 0.29) is 0 Å². The van der Waals surface area contributed by atoms with Crippen molar-refractivity contribution in [2.75, 3.05) is 0 Å². The Balaban J connectivity index is 2.39. The third kappa shape index (κ3) is 2.10. The number of rotatable bonds is 1. The van der Waals surface area contributed by atoms with Crippen LogP contribution in [0.15, 0.2) is 31.7 Å². The topological polar surface area (TPSA) is 24.7 Å². The van der Waals surface area contributed by atoms with E-state index < -0.39 is 0 Å². The van der Waals surface area contributed by atoms with Crippen molar-refractivity contribution < 1.29 is 0 Å². The van der Waals surface area contributed by atoms with Crippen molar-refractivity contribution in [3.05, 3.63) is 29.5 Å². The molecule has 0 N–H and O–H groups in total. The second kappa shape index (κ2) is 4.08. The summed E-state index contributed by atoms with van der Waals surface area (Å²) in [5.41, 5.74) is 0. The Morgan fingerprint density at radius 1 is 0.667 bits per heavy atom. The van der Waals surface area contributed by atoms with E-state index in [0.717, 1.165) is 7.97 Å². The van der Waals surface area contributed by atoms with Crippen molar-refractivity contribution in [2.24, 2.45) is 10.2 Å². The highest BCUT2D eigenvalue weighted by Crippen LogP contribution is 1.95. The van der Waals surface area contributed by atoms with Gasteiger partial charge in [-0.1, -0.05) is 0 Å². The minimum Gasteiger partial charge on any atom is -0.126 e. The molecule has 2 aromatic heterocycles. The van der Waals surface area contributed by atoms with Crippen LogP contribution in [0.3, 0.4) is 0 Å². The van der Waals surface area contributed by atoms with Gasteiger partial charge in [0.25, 0.3) is 0 Å². The minimum atomic E-state index is 0.996. The average molecular weight is 232 g/mol. The molecule has 12 heavy (non-hydrogen) atoms. The zero-order chi connectivity index (χ0) is 8.23. The molecule has 0 amide bonds. The molecule has 2 nitrogen and oxygen atoms in total. The zero-order valence-corrected chi connectivity index (χ0v) is 9.10. The van der Waals surface area contributed by atoms with E-state index in [0.29, 0.717) is 0 Å². The largest absolute Gasteiger partial charge is 0.192 e. The second-order valence-corrected chi connectivity index (χ2v) is 5.84. The number of hydrogen-bond donors (Lipinski definition) is 0. The molecular formula is C6H4N2S4. The molecule has 0 aliphatic heterocycles. The first-order chi connectivity index (χ1) is 5.95. The van der Waals surface area contributed by atoms with Crippen LogP contribution in [-0.4, -0.2) is 0 Å². The van der Waals surface area contributed by atoms with Crippen LogP contribution < -0.4 is 7.97 Å². The van der Waals surface area contributed by atoms with Crippen molar-refractivity contribution in [3.8, 4) is 0 Å². The molecule has 0 atom stereocenters. The number of hydrogen-bond acceptors (Lipinski definition) is 6. The maximum atomic E-state index is 4.09. The van der Waals surface area contributed by atoms with Gasteiger partial charge in [-0.3, -0.25) is 0 Å². The fraction of sp³-hybridized carbons (Fsp3) is 0. The predicted octanol–water partition coefficient (Wildman–Crippen LogP) is 2.35. The molecular weight excluding hydrogens is 228 g/mol. The maximum Gasteiger partial charge on any atom is 0.192 e. The van der Waals surface area contributed by atoms with E-state index in [1.807, 2.05) is 21.5 Å². The summed E-state index contributed by atoms with van der Waals surface area (Å²) >= 11 is 6.45. The summed E-state index contributed by atoms with van der Waals surface area (Å²) in [6, 6.07) is 0. The standard InChI is InChI=1S/C6H4N2S4/c1-2-10-5(9-1)7-8-6-11-3-4-12-6/h1-4H. The first-order valence-corrected chi connectivity index (χ1v) is 6.59. The third-order valence-corrected chi connectivity index (χ3v) is 4.72. The molecule has 0 aromatic carbocycles. The van der Waals surface area contributed by atoms with Crippen LogP contribution in [-0.2, 0) is 0 Å². The van der Waals surface area contributed by atoms with Crippen LogP contribution in [0.1, 0.15) is 0 Å². The van der Waals surface area contributed by atoms with Crippen LogP contribution in [0.25, 0.3) is 0 Å². The van der Waals surface area contributed by atoms with Crippen molar-refractivity contribution in [1.82, 2.24) is 0 Å². The summed E-state index contributed by atoms with van der Waals surface area (Å²) in [4.78, 5) is 0. The van der Waals surface area contributed by atoms with Gasteiger partial charge in [0, 0.05) is 21.5 Å². The first kappa shape index (κ1) is 8.31. The summed E-state index contributed by atoms with van der Waals surface area (Å²) in [6.45, 7) is 0. The molecule has 0 radical (unpaired) electrons. The summed E-state index contributed by atoms with van der Waals surface area (Å²) < 4.78 is 1.99. The fourth-order valence-corrected chi connectivity index (χ4v) is 3.39. The predicted molar refractivity (Wildman–Crippen MR) is 55.5 cm³/mol. The highest BCUT2D eigenvalue weighted by atomic mass is 32.2. The van der Waals surface area contributed by atoms with E-state index in [1.54, 1.807) is 45.3 Å². The van der Waals surface area contributed by atoms with E-state index >= 15 is 0 Å². The van der Waals surface area contributed by atoms with Gasteiger partial charge in [-0.2, -0.15) is 0 Å². The van der Waals surface area contributed by atoms with Gasteiger partial charge in [0.1, 0.15) is 0 Å². The molecule has 0 aliphatic carbocycles. The van der Waals surface area contributed by atoms with Crippen LogP contribution in [0.5, 0.6) is 0 Å². The van der Waals surface area contributed by atoms with Gasteiger partial charge in [-0.15, -0.1) is 55.5 Å². The van der Waals surface area contributed by atoms with Gasteiger partial charge in [0.05, 0.1) is 0 Å².